The van der Waals surface area contributed by atoms with Gasteiger partial charge < -0.3 is 0 Å². The average Bonchev–Trinajstić information content (AvgIpc) is 1.61. The van der Waals surface area contributed by atoms with Crippen molar-refractivity contribution in [1.82, 2.24) is 0 Å². The molecule has 0 fully saturated rings. The van der Waals surface area contributed by atoms with Crippen molar-refractivity contribution in [2.75, 3.05) is 5.75 Å². The molecule has 0 heterocycles. The molecule has 0 bridgehead atoms. The molecule has 0 atom stereocenters. The Morgan fingerprint density at radius 2 is 2.17 bits per heavy atom. The molecule has 1 heteroatoms. The normalized spacial score (nSPS) is 10.3. The summed E-state index contributed by atoms with van der Waals surface area (Å²) < 4.78 is 0. The van der Waals surface area contributed by atoms with Crippen LogP contribution in [0.2, 0.25) is 0 Å². The van der Waals surface area contributed by atoms with Gasteiger partial charge in [-0.3, -0.25) is 0 Å². The van der Waals surface area contributed by atoms with Crippen molar-refractivity contribution in [2.45, 2.75) is 13.3 Å². The van der Waals surface area contributed by atoms with E-state index in [1.165, 1.54) is 0 Å². The van der Waals surface area contributed by atoms with Crippen LogP contribution < -0.4 is 0 Å². The molecule has 0 aromatic rings. The minimum atomic E-state index is 0.869. The predicted octanol–water partition coefficient (Wildman–Crippen LogP) is 1.88. The van der Waals surface area contributed by atoms with Crippen molar-refractivity contribution < 1.29 is 0 Å². The predicted molar refractivity (Wildman–Crippen MR) is 33.3 cm³/mol. The van der Waals surface area contributed by atoms with E-state index >= 15 is 0 Å². The van der Waals surface area contributed by atoms with Gasteiger partial charge in [0.2, 0.25) is 0 Å². The summed E-state index contributed by atoms with van der Waals surface area (Å²) in [6.45, 7) is 2.11. The molecule has 0 saturated heterocycles. The molecule has 0 radical (unpaired) electrons. The van der Waals surface area contributed by atoms with Gasteiger partial charge in [0, 0.05) is 5.75 Å². The molecular formula is C5H10S. The maximum absolute atomic E-state index is 3.97. The number of hydrogen-bond acceptors (Lipinski definition) is 1. The van der Waals surface area contributed by atoms with Crippen LogP contribution in [0.5, 0.6) is 0 Å². The standard InChI is InChI=1S/C5H10S/c1-2-3-4-5-6/h3-4,6H,2,5H2,1H3. The summed E-state index contributed by atoms with van der Waals surface area (Å²) in [5.74, 6) is 0.869. The number of allylic oxidation sites excluding steroid dienone is 1. The molecule has 0 aliphatic carbocycles. The smallest absolute Gasteiger partial charge is 0.00825 e. The Morgan fingerprint density at radius 1 is 1.50 bits per heavy atom. The molecular weight excluding hydrogens is 92.1 g/mol. The molecule has 6 heavy (non-hydrogen) atoms. The molecule has 0 nitrogen and oxygen atoms in total. The highest BCUT2D eigenvalue weighted by Crippen LogP contribution is 1.79. The van der Waals surface area contributed by atoms with Crippen LogP contribution in [0.25, 0.3) is 0 Å². The van der Waals surface area contributed by atoms with E-state index < -0.39 is 0 Å². The molecule has 0 unspecified atom stereocenters. The summed E-state index contributed by atoms with van der Waals surface area (Å²) in [5, 5.41) is 0. The zero-order valence-corrected chi connectivity index (χ0v) is 4.91. The van der Waals surface area contributed by atoms with Gasteiger partial charge in [0.15, 0.2) is 0 Å². The minimum absolute atomic E-state index is 0.869. The van der Waals surface area contributed by atoms with E-state index in [0.717, 1.165) is 12.2 Å². The van der Waals surface area contributed by atoms with E-state index in [4.69, 9.17) is 0 Å². The van der Waals surface area contributed by atoms with E-state index in [0.29, 0.717) is 0 Å². The summed E-state index contributed by atoms with van der Waals surface area (Å²) in [7, 11) is 0. The molecule has 0 spiro atoms. The molecule has 0 aromatic carbocycles. The van der Waals surface area contributed by atoms with Crippen LogP contribution in [0.3, 0.4) is 0 Å². The van der Waals surface area contributed by atoms with Gasteiger partial charge in [0.1, 0.15) is 0 Å². The van der Waals surface area contributed by atoms with Gasteiger partial charge in [-0.05, 0) is 6.42 Å². The van der Waals surface area contributed by atoms with Crippen LogP contribution >= 0.6 is 12.6 Å². The summed E-state index contributed by atoms with van der Waals surface area (Å²) in [6, 6.07) is 0. The lowest BCUT2D eigenvalue weighted by atomic mass is 10.4. The van der Waals surface area contributed by atoms with Crippen molar-refractivity contribution in [1.29, 1.82) is 0 Å². The lowest BCUT2D eigenvalue weighted by Crippen LogP contribution is -1.56. The van der Waals surface area contributed by atoms with Crippen molar-refractivity contribution in [3.05, 3.63) is 12.2 Å². The Morgan fingerprint density at radius 3 is 2.33 bits per heavy atom. The Labute approximate surface area is 44.7 Å². The fraction of sp³-hybridized carbons (Fsp3) is 0.600. The van der Waals surface area contributed by atoms with Crippen LogP contribution in [0.4, 0.5) is 0 Å². The molecule has 36 valence electrons. The molecule has 0 N–H and O–H groups in total. The van der Waals surface area contributed by atoms with Crippen LogP contribution in [-0.4, -0.2) is 5.75 Å². The quantitative estimate of drug-likeness (QED) is 0.399. The second kappa shape index (κ2) is 5.09. The minimum Gasteiger partial charge on any atom is -0.175 e. The summed E-state index contributed by atoms with van der Waals surface area (Å²) in [6.07, 6.45) is 5.27. The molecule has 0 saturated carbocycles. The maximum Gasteiger partial charge on any atom is 0.00825 e. The summed E-state index contributed by atoms with van der Waals surface area (Å²) >= 11 is 3.97. The summed E-state index contributed by atoms with van der Waals surface area (Å²) in [5.41, 5.74) is 0. The van der Waals surface area contributed by atoms with Gasteiger partial charge in [0.25, 0.3) is 0 Å². The van der Waals surface area contributed by atoms with Gasteiger partial charge in [-0.15, -0.1) is 0 Å². The van der Waals surface area contributed by atoms with Crippen molar-refractivity contribution in [3.63, 3.8) is 0 Å². The molecule has 0 aliphatic heterocycles. The van der Waals surface area contributed by atoms with Gasteiger partial charge in [-0.1, -0.05) is 19.1 Å². The van der Waals surface area contributed by atoms with E-state index in [-0.39, 0.29) is 0 Å². The van der Waals surface area contributed by atoms with E-state index in [1.54, 1.807) is 0 Å². The van der Waals surface area contributed by atoms with Crippen LogP contribution in [-0.2, 0) is 0 Å². The van der Waals surface area contributed by atoms with Crippen LogP contribution in [0.15, 0.2) is 12.2 Å². The maximum atomic E-state index is 3.97. The van der Waals surface area contributed by atoms with E-state index in [1.807, 2.05) is 6.08 Å². The molecule has 0 aliphatic rings. The van der Waals surface area contributed by atoms with Crippen LogP contribution in [0, 0.1) is 0 Å². The first-order valence-corrected chi connectivity index (χ1v) is 2.81. The first-order chi connectivity index (χ1) is 2.91. The fourth-order valence-corrected chi connectivity index (χ4v) is 0.390. The van der Waals surface area contributed by atoms with Gasteiger partial charge in [-0.25, -0.2) is 0 Å². The summed E-state index contributed by atoms with van der Waals surface area (Å²) in [4.78, 5) is 0. The zero-order valence-electron chi connectivity index (χ0n) is 4.02. The number of hydrogen-bond donors (Lipinski definition) is 1. The van der Waals surface area contributed by atoms with Crippen LogP contribution in [0.1, 0.15) is 13.3 Å². The van der Waals surface area contributed by atoms with Crippen molar-refractivity contribution in [3.8, 4) is 0 Å². The highest BCUT2D eigenvalue weighted by molar-refractivity contribution is 7.80. The Bertz CT molecular complexity index is 33.2. The number of rotatable bonds is 2. The molecule has 0 aromatic heterocycles. The van der Waals surface area contributed by atoms with E-state index in [2.05, 4.69) is 25.6 Å². The largest absolute Gasteiger partial charge is 0.175 e. The molecule has 0 amide bonds. The fourth-order valence-electron chi connectivity index (χ4n) is 0.241. The van der Waals surface area contributed by atoms with Gasteiger partial charge in [0.05, 0.1) is 0 Å². The highest BCUT2D eigenvalue weighted by Gasteiger charge is 1.60. The third kappa shape index (κ3) is 4.09. The second-order valence-corrected chi connectivity index (χ2v) is 1.43. The SMILES string of the molecule is CCC=CCS. The Balaban J connectivity index is 2.73. The number of thiol groups is 1. The first-order valence-electron chi connectivity index (χ1n) is 2.17. The zero-order chi connectivity index (χ0) is 4.83. The highest BCUT2D eigenvalue weighted by atomic mass is 32.1. The van der Waals surface area contributed by atoms with E-state index in [9.17, 15) is 0 Å². The molecule has 0 rings (SSSR count). The Kier molecular flexibility index (Phi) is 5.17. The lowest BCUT2D eigenvalue weighted by Gasteiger charge is -1.72. The Hall–Kier alpha value is 0.0900. The van der Waals surface area contributed by atoms with Gasteiger partial charge >= 0.3 is 0 Å². The van der Waals surface area contributed by atoms with Crippen molar-refractivity contribution in [2.24, 2.45) is 0 Å². The monoisotopic (exact) mass is 102 g/mol. The first kappa shape index (κ1) is 6.09. The lowest BCUT2D eigenvalue weighted by molar-refractivity contribution is 1.22. The third-order valence-corrected chi connectivity index (χ3v) is 0.719. The second-order valence-electron chi connectivity index (χ2n) is 1.06. The average molecular weight is 102 g/mol. The third-order valence-electron chi connectivity index (χ3n) is 0.508. The van der Waals surface area contributed by atoms with Gasteiger partial charge in [-0.2, -0.15) is 12.6 Å². The van der Waals surface area contributed by atoms with Crippen molar-refractivity contribution >= 4 is 12.6 Å². The topological polar surface area (TPSA) is 0 Å².